The van der Waals surface area contributed by atoms with E-state index in [9.17, 15) is 19.5 Å². The lowest BCUT2D eigenvalue weighted by molar-refractivity contribution is -0.142. The number of amides is 2. The quantitative estimate of drug-likeness (QED) is 0.290. The molecule has 0 spiro atoms. The Balaban J connectivity index is 1.04. The number of carbonyl (C=O) groups excluding carboxylic acids is 2. The Bertz CT molecular complexity index is 1990. The largest absolute Gasteiger partial charge is 0.388 e. The number of benzene rings is 1. The van der Waals surface area contributed by atoms with E-state index in [4.69, 9.17) is 0 Å². The molecule has 0 radical (unpaired) electrons. The number of carbonyl (C=O) groups is 2. The zero-order valence-electron chi connectivity index (χ0n) is 26.6. The molecule has 6 heterocycles. The van der Waals surface area contributed by atoms with Crippen LogP contribution in [-0.2, 0) is 18.4 Å². The van der Waals surface area contributed by atoms with Gasteiger partial charge in [0.25, 0.3) is 11.5 Å². The number of hydrogen-bond acceptors (Lipinski definition) is 7. The van der Waals surface area contributed by atoms with Gasteiger partial charge in [0.2, 0.25) is 5.91 Å². The van der Waals surface area contributed by atoms with Crippen LogP contribution in [0.3, 0.4) is 0 Å². The Morgan fingerprint density at radius 1 is 1.00 bits per heavy atom. The number of likely N-dealkylation sites (tertiary alicyclic amines) is 2. The molecule has 1 N–H and O–H groups in total. The number of aryl methyl sites for hydroxylation is 2. The van der Waals surface area contributed by atoms with Gasteiger partial charge in [-0.1, -0.05) is 30.3 Å². The first-order valence-electron chi connectivity index (χ1n) is 16.1. The number of rotatable bonds is 6. The standard InChI is InChI=1S/C36H38N6O4S/c1-24-20-26(10-15-37-24)30-8-9-31(47-30)35(45)41-17-12-27(29(21-41)25-6-4-3-5-7-25)33(43)40-18-13-36(46,14-19-40)22-42-23-38-32-28(34(42)44)11-16-39(32)2/h3-11,15-16,20,23,27,29,46H,12-14,17-19,21-22H2,1-2H3/t27-,29+/m1/s1. The summed E-state index contributed by atoms with van der Waals surface area (Å²) < 4.78 is 3.28. The number of aromatic nitrogens is 4. The van der Waals surface area contributed by atoms with E-state index in [0.29, 0.717) is 61.4 Å². The Hall–Kier alpha value is -4.61. The van der Waals surface area contributed by atoms with E-state index in [-0.39, 0.29) is 35.8 Å². The third-order valence-corrected chi connectivity index (χ3v) is 10.9. The summed E-state index contributed by atoms with van der Waals surface area (Å²) in [4.78, 5) is 55.1. The van der Waals surface area contributed by atoms with Crippen molar-refractivity contribution in [1.82, 2.24) is 28.9 Å². The SMILES string of the molecule is Cc1cc(-c2ccc(C(=O)N3CC[C@@H](C(=O)N4CCC(O)(Cn5cnc6c(ccn6C)c5=O)CC4)[C@H](c4ccccc4)C3)s2)ccn1. The highest BCUT2D eigenvalue weighted by Crippen LogP contribution is 2.37. The first-order chi connectivity index (χ1) is 22.7. The molecule has 2 atom stereocenters. The van der Waals surface area contributed by atoms with E-state index in [1.807, 2.05) is 78.4 Å². The first kappa shape index (κ1) is 31.0. The van der Waals surface area contributed by atoms with E-state index in [0.717, 1.165) is 21.7 Å². The minimum atomic E-state index is -1.12. The highest BCUT2D eigenvalue weighted by molar-refractivity contribution is 7.17. The number of pyridine rings is 1. The monoisotopic (exact) mass is 650 g/mol. The van der Waals surface area contributed by atoms with Gasteiger partial charge in [-0.25, -0.2) is 4.98 Å². The summed E-state index contributed by atoms with van der Waals surface area (Å²) in [5.41, 5.74) is 2.33. The molecular weight excluding hydrogens is 613 g/mol. The Morgan fingerprint density at radius 2 is 1.79 bits per heavy atom. The zero-order valence-corrected chi connectivity index (χ0v) is 27.4. The van der Waals surface area contributed by atoms with Crippen LogP contribution in [0.2, 0.25) is 0 Å². The predicted octanol–water partition coefficient (Wildman–Crippen LogP) is 4.47. The topological polar surface area (TPSA) is 114 Å². The molecule has 7 rings (SSSR count). The minimum Gasteiger partial charge on any atom is -0.388 e. The Morgan fingerprint density at radius 3 is 2.55 bits per heavy atom. The van der Waals surface area contributed by atoms with Gasteiger partial charge in [-0.2, -0.15) is 0 Å². The predicted molar refractivity (Wildman–Crippen MR) is 181 cm³/mol. The molecule has 4 aromatic heterocycles. The second-order valence-corrected chi connectivity index (χ2v) is 14.0. The number of hydrogen-bond donors (Lipinski definition) is 1. The summed E-state index contributed by atoms with van der Waals surface area (Å²) in [7, 11) is 1.84. The normalized spacial score (nSPS) is 19.6. The third-order valence-electron chi connectivity index (χ3n) is 9.76. The fraction of sp³-hybridized carbons (Fsp3) is 0.361. The highest BCUT2D eigenvalue weighted by Gasteiger charge is 2.42. The molecule has 2 saturated heterocycles. The van der Waals surface area contributed by atoms with Crippen molar-refractivity contribution in [3.63, 3.8) is 0 Å². The molecule has 2 aliphatic heterocycles. The van der Waals surface area contributed by atoms with Crippen LogP contribution >= 0.6 is 11.3 Å². The maximum Gasteiger partial charge on any atom is 0.263 e. The first-order valence-corrected chi connectivity index (χ1v) is 16.9. The van der Waals surface area contributed by atoms with Crippen molar-refractivity contribution >= 4 is 34.2 Å². The van der Waals surface area contributed by atoms with Crippen LogP contribution in [0.5, 0.6) is 0 Å². The maximum atomic E-state index is 14.1. The van der Waals surface area contributed by atoms with Gasteiger partial charge in [0, 0.05) is 68.0 Å². The Kier molecular flexibility index (Phi) is 8.27. The number of fused-ring (bicyclic) bond motifs is 1. The number of thiophene rings is 1. The fourth-order valence-electron chi connectivity index (χ4n) is 7.08. The van der Waals surface area contributed by atoms with Gasteiger partial charge in [0.15, 0.2) is 0 Å². The van der Waals surface area contributed by atoms with E-state index in [2.05, 4.69) is 9.97 Å². The van der Waals surface area contributed by atoms with Crippen molar-refractivity contribution in [2.24, 2.45) is 13.0 Å². The fourth-order valence-corrected chi connectivity index (χ4v) is 8.05. The number of aliphatic hydroxyl groups is 1. The molecule has 0 aliphatic carbocycles. The summed E-state index contributed by atoms with van der Waals surface area (Å²) in [6, 6.07) is 19.6. The molecule has 5 aromatic rings. The van der Waals surface area contributed by atoms with E-state index < -0.39 is 5.60 Å². The molecule has 0 bridgehead atoms. The van der Waals surface area contributed by atoms with Crippen molar-refractivity contribution in [2.75, 3.05) is 26.2 Å². The van der Waals surface area contributed by atoms with E-state index in [1.165, 1.54) is 22.2 Å². The van der Waals surface area contributed by atoms with Crippen LogP contribution in [0.1, 0.15) is 46.1 Å². The summed E-state index contributed by atoms with van der Waals surface area (Å²) in [6.45, 7) is 3.83. The molecule has 1 aromatic carbocycles. The van der Waals surface area contributed by atoms with Gasteiger partial charge in [0.1, 0.15) is 12.0 Å². The molecule has 11 heteroatoms. The Labute approximate surface area is 276 Å². The summed E-state index contributed by atoms with van der Waals surface area (Å²) >= 11 is 1.48. The minimum absolute atomic E-state index is 0.0136. The molecule has 0 unspecified atom stereocenters. The van der Waals surface area contributed by atoms with Gasteiger partial charge in [-0.05, 0) is 67.6 Å². The van der Waals surface area contributed by atoms with Gasteiger partial charge < -0.3 is 19.5 Å². The molecule has 0 saturated carbocycles. The lowest BCUT2D eigenvalue weighted by atomic mass is 9.79. The van der Waals surface area contributed by atoms with Gasteiger partial charge in [-0.15, -0.1) is 11.3 Å². The lowest BCUT2D eigenvalue weighted by Crippen LogP contribution is -2.53. The van der Waals surface area contributed by atoms with Crippen molar-refractivity contribution in [3.8, 4) is 10.4 Å². The van der Waals surface area contributed by atoms with Gasteiger partial charge in [0.05, 0.1) is 22.4 Å². The summed E-state index contributed by atoms with van der Waals surface area (Å²) in [6.07, 6.45) is 6.37. The van der Waals surface area contributed by atoms with Crippen molar-refractivity contribution in [1.29, 1.82) is 0 Å². The van der Waals surface area contributed by atoms with Crippen LogP contribution in [0.25, 0.3) is 21.5 Å². The second kappa shape index (κ2) is 12.5. The number of nitrogens with zero attached hydrogens (tertiary/aromatic N) is 6. The van der Waals surface area contributed by atoms with Gasteiger partial charge in [-0.3, -0.25) is 23.9 Å². The molecule has 47 heavy (non-hydrogen) atoms. The van der Waals surface area contributed by atoms with Crippen molar-refractivity contribution < 1.29 is 14.7 Å². The number of piperidine rings is 2. The molecular formula is C36H38N6O4S. The van der Waals surface area contributed by atoms with E-state index in [1.54, 1.807) is 23.0 Å². The van der Waals surface area contributed by atoms with Gasteiger partial charge >= 0.3 is 0 Å². The zero-order chi connectivity index (χ0) is 32.7. The average Bonchev–Trinajstić information content (AvgIpc) is 3.74. The second-order valence-electron chi connectivity index (χ2n) is 12.9. The molecule has 10 nitrogen and oxygen atoms in total. The molecule has 242 valence electrons. The van der Waals surface area contributed by atoms with Crippen LogP contribution in [0.15, 0.2) is 84.2 Å². The summed E-state index contributed by atoms with van der Waals surface area (Å²) in [5.74, 6) is -0.380. The van der Waals surface area contributed by atoms with Crippen LogP contribution in [0, 0.1) is 12.8 Å². The lowest BCUT2D eigenvalue weighted by Gasteiger charge is -2.43. The summed E-state index contributed by atoms with van der Waals surface area (Å²) in [5, 5.41) is 12.0. The maximum absolute atomic E-state index is 14.1. The van der Waals surface area contributed by atoms with E-state index >= 15 is 0 Å². The smallest absolute Gasteiger partial charge is 0.263 e. The molecule has 2 amide bonds. The van der Waals surface area contributed by atoms with Crippen LogP contribution < -0.4 is 5.56 Å². The van der Waals surface area contributed by atoms with Crippen LogP contribution in [0.4, 0.5) is 0 Å². The molecule has 2 aliphatic rings. The highest BCUT2D eigenvalue weighted by atomic mass is 32.1. The van der Waals surface area contributed by atoms with Crippen LogP contribution in [-0.4, -0.2) is 77.6 Å². The third kappa shape index (κ3) is 6.13. The van der Waals surface area contributed by atoms with Crippen molar-refractivity contribution in [3.05, 3.63) is 106 Å². The molecule has 2 fully saturated rings. The van der Waals surface area contributed by atoms with Crippen molar-refractivity contribution in [2.45, 2.75) is 44.2 Å². The average molecular weight is 651 g/mol.